The molecule has 2 nitrogen and oxygen atoms in total. The molecular formula is C18H25IO2. The molecule has 2 rings (SSSR count). The lowest BCUT2D eigenvalue weighted by atomic mass is 9.75. The van der Waals surface area contributed by atoms with Crippen LogP contribution in [0.15, 0.2) is 24.3 Å². The van der Waals surface area contributed by atoms with E-state index in [2.05, 4.69) is 43.4 Å². The second kappa shape index (κ2) is 7.61. The molecule has 0 N–H and O–H groups in total. The molecule has 0 heterocycles. The molecule has 3 heteroatoms. The molecule has 1 aromatic carbocycles. The maximum Gasteiger partial charge on any atom is 0.310 e. The number of ether oxygens (including phenoxy) is 1. The van der Waals surface area contributed by atoms with Crippen LogP contribution >= 0.6 is 22.6 Å². The first-order chi connectivity index (χ1) is 9.97. The molecule has 1 aliphatic rings. The highest BCUT2D eigenvalue weighted by atomic mass is 127. The van der Waals surface area contributed by atoms with Gasteiger partial charge in [0.15, 0.2) is 0 Å². The Labute approximate surface area is 141 Å². The van der Waals surface area contributed by atoms with Crippen LogP contribution in [0.25, 0.3) is 0 Å². The van der Waals surface area contributed by atoms with Crippen molar-refractivity contribution >= 4 is 28.6 Å². The van der Waals surface area contributed by atoms with Crippen LogP contribution in [-0.4, -0.2) is 12.1 Å². The van der Waals surface area contributed by atoms with Gasteiger partial charge in [-0.2, -0.15) is 0 Å². The lowest BCUT2D eigenvalue weighted by Gasteiger charge is -2.36. The van der Waals surface area contributed by atoms with Gasteiger partial charge < -0.3 is 4.74 Å². The van der Waals surface area contributed by atoms with E-state index >= 15 is 0 Å². The molecule has 3 atom stereocenters. The quantitative estimate of drug-likeness (QED) is 0.534. The summed E-state index contributed by atoms with van der Waals surface area (Å²) in [5, 5.41) is 0. The smallest absolute Gasteiger partial charge is 0.310 e. The molecule has 116 valence electrons. The first-order valence-corrected chi connectivity index (χ1v) is 8.98. The SMILES string of the molecule is CC(C)[C@@H]1CC[C@@H](C)C[C@H]1OC(=O)Cc1ccccc1I. The third-order valence-corrected chi connectivity index (χ3v) is 5.59. The minimum atomic E-state index is -0.0798. The largest absolute Gasteiger partial charge is 0.462 e. The van der Waals surface area contributed by atoms with E-state index in [0.717, 1.165) is 15.6 Å². The zero-order chi connectivity index (χ0) is 15.4. The van der Waals surface area contributed by atoms with Gasteiger partial charge in [0.25, 0.3) is 0 Å². The highest BCUT2D eigenvalue weighted by Crippen LogP contribution is 2.35. The summed E-state index contributed by atoms with van der Waals surface area (Å²) >= 11 is 2.27. The number of hydrogen-bond acceptors (Lipinski definition) is 2. The number of rotatable bonds is 4. The van der Waals surface area contributed by atoms with Gasteiger partial charge in [0.1, 0.15) is 6.10 Å². The second-order valence-corrected chi connectivity index (χ2v) is 7.78. The molecule has 0 aromatic heterocycles. The number of benzene rings is 1. The van der Waals surface area contributed by atoms with Gasteiger partial charge in [0, 0.05) is 3.57 Å². The molecular weight excluding hydrogens is 375 g/mol. The number of carbonyl (C=O) groups excluding carboxylic acids is 1. The standard InChI is InChI=1S/C18H25IO2/c1-12(2)15-9-8-13(3)10-17(15)21-18(20)11-14-6-4-5-7-16(14)19/h4-7,12-13,15,17H,8-11H2,1-3H3/t13-,15+,17-/m1/s1. The van der Waals surface area contributed by atoms with Crippen molar-refractivity contribution in [3.05, 3.63) is 33.4 Å². The van der Waals surface area contributed by atoms with Crippen molar-refractivity contribution in [2.45, 2.75) is 52.6 Å². The molecule has 1 aromatic rings. The molecule has 0 radical (unpaired) electrons. The zero-order valence-electron chi connectivity index (χ0n) is 13.1. The molecule has 1 saturated carbocycles. The van der Waals surface area contributed by atoms with E-state index in [1.807, 2.05) is 24.3 Å². The fraction of sp³-hybridized carbons (Fsp3) is 0.611. The first kappa shape index (κ1) is 16.8. The second-order valence-electron chi connectivity index (χ2n) is 6.62. The molecule has 0 amide bonds. The maximum atomic E-state index is 12.3. The predicted octanol–water partition coefficient (Wildman–Crippen LogP) is 4.84. The average Bonchev–Trinajstić information content (AvgIpc) is 2.41. The van der Waals surface area contributed by atoms with Crippen LogP contribution in [0.3, 0.4) is 0 Å². The third-order valence-electron chi connectivity index (χ3n) is 4.54. The van der Waals surface area contributed by atoms with Gasteiger partial charge in [-0.15, -0.1) is 0 Å². The molecule has 0 saturated heterocycles. The van der Waals surface area contributed by atoms with Crippen LogP contribution in [0, 0.1) is 21.3 Å². The van der Waals surface area contributed by atoms with E-state index in [-0.39, 0.29) is 12.1 Å². The number of halogens is 1. The van der Waals surface area contributed by atoms with Gasteiger partial charge in [0.2, 0.25) is 0 Å². The number of carbonyl (C=O) groups is 1. The highest BCUT2D eigenvalue weighted by Gasteiger charge is 2.33. The monoisotopic (exact) mass is 400 g/mol. The van der Waals surface area contributed by atoms with Crippen LogP contribution < -0.4 is 0 Å². The summed E-state index contributed by atoms with van der Waals surface area (Å²) in [6, 6.07) is 8.01. The van der Waals surface area contributed by atoms with Crippen molar-refractivity contribution in [3.63, 3.8) is 0 Å². The first-order valence-electron chi connectivity index (χ1n) is 7.90. The van der Waals surface area contributed by atoms with Crippen molar-refractivity contribution in [2.75, 3.05) is 0 Å². The lowest BCUT2D eigenvalue weighted by molar-refractivity contribution is -0.155. The van der Waals surface area contributed by atoms with Gasteiger partial charge >= 0.3 is 5.97 Å². The van der Waals surface area contributed by atoms with E-state index in [1.165, 1.54) is 12.8 Å². The van der Waals surface area contributed by atoms with Gasteiger partial charge in [0.05, 0.1) is 6.42 Å². The molecule has 21 heavy (non-hydrogen) atoms. The summed E-state index contributed by atoms with van der Waals surface area (Å²) in [4.78, 5) is 12.3. The Bertz CT molecular complexity index is 484. The minimum absolute atomic E-state index is 0.0798. The Hall–Kier alpha value is -0.580. The topological polar surface area (TPSA) is 26.3 Å². The van der Waals surface area contributed by atoms with E-state index in [4.69, 9.17) is 4.74 Å². The van der Waals surface area contributed by atoms with Crippen molar-refractivity contribution in [1.29, 1.82) is 0 Å². The van der Waals surface area contributed by atoms with Crippen molar-refractivity contribution in [3.8, 4) is 0 Å². The Morgan fingerprint density at radius 3 is 2.71 bits per heavy atom. The Kier molecular flexibility index (Phi) is 6.08. The van der Waals surface area contributed by atoms with Gasteiger partial charge in [-0.25, -0.2) is 0 Å². The molecule has 0 aliphatic heterocycles. The summed E-state index contributed by atoms with van der Waals surface area (Å²) in [5.74, 6) is 1.67. The van der Waals surface area contributed by atoms with Crippen LogP contribution in [0.4, 0.5) is 0 Å². The Balaban J connectivity index is 1.98. The lowest BCUT2D eigenvalue weighted by Crippen LogP contribution is -2.36. The molecule has 0 unspecified atom stereocenters. The maximum absolute atomic E-state index is 12.3. The zero-order valence-corrected chi connectivity index (χ0v) is 15.3. The van der Waals surface area contributed by atoms with Crippen molar-refractivity contribution in [2.24, 2.45) is 17.8 Å². The molecule has 0 bridgehead atoms. The Morgan fingerprint density at radius 1 is 1.33 bits per heavy atom. The van der Waals surface area contributed by atoms with Crippen LogP contribution in [-0.2, 0) is 16.0 Å². The minimum Gasteiger partial charge on any atom is -0.462 e. The van der Waals surface area contributed by atoms with Crippen LogP contribution in [0.1, 0.15) is 45.6 Å². The molecule has 1 aliphatic carbocycles. The average molecular weight is 400 g/mol. The predicted molar refractivity (Wildman–Crippen MR) is 94.1 cm³/mol. The van der Waals surface area contributed by atoms with Gasteiger partial charge in [-0.1, -0.05) is 45.4 Å². The molecule has 1 fully saturated rings. The highest BCUT2D eigenvalue weighted by molar-refractivity contribution is 14.1. The summed E-state index contributed by atoms with van der Waals surface area (Å²) in [6.45, 7) is 6.74. The summed E-state index contributed by atoms with van der Waals surface area (Å²) in [7, 11) is 0. The summed E-state index contributed by atoms with van der Waals surface area (Å²) in [6.07, 6.45) is 3.94. The van der Waals surface area contributed by atoms with Crippen LogP contribution in [0.2, 0.25) is 0 Å². The number of esters is 1. The number of hydrogen-bond donors (Lipinski definition) is 0. The van der Waals surface area contributed by atoms with E-state index in [9.17, 15) is 4.79 Å². The van der Waals surface area contributed by atoms with Gasteiger partial charge in [-0.05, 0) is 64.8 Å². The summed E-state index contributed by atoms with van der Waals surface area (Å²) < 4.78 is 6.98. The van der Waals surface area contributed by atoms with Crippen LogP contribution in [0.5, 0.6) is 0 Å². The normalized spacial score (nSPS) is 25.9. The van der Waals surface area contributed by atoms with E-state index in [1.54, 1.807) is 0 Å². The fourth-order valence-electron chi connectivity index (χ4n) is 3.26. The fourth-order valence-corrected chi connectivity index (χ4v) is 3.84. The third kappa shape index (κ3) is 4.70. The van der Waals surface area contributed by atoms with E-state index < -0.39 is 0 Å². The summed E-state index contributed by atoms with van der Waals surface area (Å²) in [5.41, 5.74) is 1.06. The van der Waals surface area contributed by atoms with Crippen molar-refractivity contribution in [1.82, 2.24) is 0 Å². The van der Waals surface area contributed by atoms with Crippen molar-refractivity contribution < 1.29 is 9.53 Å². The van der Waals surface area contributed by atoms with Gasteiger partial charge in [-0.3, -0.25) is 4.79 Å². The Morgan fingerprint density at radius 2 is 2.05 bits per heavy atom. The van der Waals surface area contributed by atoms with E-state index in [0.29, 0.717) is 24.2 Å². The molecule has 0 spiro atoms.